The molecule has 0 saturated carbocycles. The topological polar surface area (TPSA) is 114 Å². The van der Waals surface area contributed by atoms with Crippen molar-refractivity contribution in [1.82, 2.24) is 24.2 Å². The van der Waals surface area contributed by atoms with Crippen LogP contribution in [0.15, 0.2) is 47.8 Å². The number of hydrogen-bond acceptors (Lipinski definition) is 6. The number of allylic oxidation sites excluding steroid dienone is 4. The maximum atomic E-state index is 13.8. The molecule has 0 radical (unpaired) electrons. The lowest BCUT2D eigenvalue weighted by molar-refractivity contribution is -0.147. The van der Waals surface area contributed by atoms with E-state index < -0.39 is 33.0 Å². The summed E-state index contributed by atoms with van der Waals surface area (Å²) in [6.07, 6.45) is 3.00. The van der Waals surface area contributed by atoms with Gasteiger partial charge in [0.1, 0.15) is 34.2 Å². The number of aromatic nitrogens is 4. The molecular formula is C19H12F4N6O2S. The van der Waals surface area contributed by atoms with Crippen molar-refractivity contribution in [3.8, 4) is 17.6 Å². The van der Waals surface area contributed by atoms with Crippen molar-refractivity contribution in [3.05, 3.63) is 54.3 Å². The van der Waals surface area contributed by atoms with Crippen LogP contribution in [-0.4, -0.2) is 40.2 Å². The van der Waals surface area contributed by atoms with Crippen molar-refractivity contribution in [2.24, 2.45) is 0 Å². The molecule has 3 heterocycles. The first-order valence-electron chi connectivity index (χ1n) is 8.93. The SMILES string of the molecule is CC(NS(=O)(=O)c1cnc(-c2c(C#N)c3cc(F)cnc3n2C2=CC=C2)nc1)C(F)(F)F. The van der Waals surface area contributed by atoms with Gasteiger partial charge in [0.05, 0.1) is 24.2 Å². The van der Waals surface area contributed by atoms with Gasteiger partial charge < -0.3 is 0 Å². The molecule has 0 amide bonds. The first-order chi connectivity index (χ1) is 15.0. The third kappa shape index (κ3) is 3.63. The smallest absolute Gasteiger partial charge is 0.290 e. The maximum absolute atomic E-state index is 13.8. The van der Waals surface area contributed by atoms with E-state index in [0.29, 0.717) is 12.6 Å². The monoisotopic (exact) mass is 464 g/mol. The van der Waals surface area contributed by atoms with Crippen LogP contribution in [0.25, 0.3) is 28.2 Å². The Bertz CT molecular complexity index is 1430. The van der Waals surface area contributed by atoms with Crippen LogP contribution >= 0.6 is 0 Å². The van der Waals surface area contributed by atoms with Crippen LogP contribution in [0.5, 0.6) is 0 Å². The second-order valence-corrected chi connectivity index (χ2v) is 8.49. The molecule has 164 valence electrons. The fourth-order valence-corrected chi connectivity index (χ4v) is 4.11. The molecule has 0 spiro atoms. The van der Waals surface area contributed by atoms with Crippen molar-refractivity contribution in [1.29, 1.82) is 5.26 Å². The summed E-state index contributed by atoms with van der Waals surface area (Å²) in [5.41, 5.74) is 1.01. The third-order valence-corrected chi connectivity index (χ3v) is 6.15. The number of nitriles is 1. The highest BCUT2D eigenvalue weighted by Gasteiger charge is 2.39. The third-order valence-electron chi connectivity index (χ3n) is 4.65. The number of nitrogens with zero attached hydrogens (tertiary/aromatic N) is 5. The summed E-state index contributed by atoms with van der Waals surface area (Å²) in [4.78, 5) is 11.4. The molecule has 0 fully saturated rings. The van der Waals surface area contributed by atoms with E-state index in [1.54, 1.807) is 18.2 Å². The zero-order chi connectivity index (χ0) is 23.3. The number of nitrogens with one attached hydrogen (secondary N) is 1. The van der Waals surface area contributed by atoms with Gasteiger partial charge in [-0.15, -0.1) is 0 Å². The Kier molecular flexibility index (Phi) is 5.06. The predicted octanol–water partition coefficient (Wildman–Crippen LogP) is 3.14. The predicted molar refractivity (Wildman–Crippen MR) is 105 cm³/mol. The van der Waals surface area contributed by atoms with Gasteiger partial charge in [0.25, 0.3) is 0 Å². The molecule has 3 aromatic heterocycles. The minimum absolute atomic E-state index is 0.00706. The number of sulfonamides is 1. The molecule has 0 bridgehead atoms. The molecule has 1 atom stereocenters. The molecule has 0 saturated heterocycles. The van der Waals surface area contributed by atoms with E-state index in [4.69, 9.17) is 0 Å². The zero-order valence-electron chi connectivity index (χ0n) is 16.1. The molecule has 1 aliphatic carbocycles. The fourth-order valence-electron chi connectivity index (χ4n) is 2.99. The standard InChI is InChI=1S/C19H12F4N6O2S/c1-10(19(21,22)23)28-32(30,31)13-8-25-17(26-9-13)16-15(6-24)14-5-11(20)7-27-18(14)29(16)12-3-2-4-12/h2-5,7-10,28H,1H3. The number of pyridine rings is 1. The second-order valence-electron chi connectivity index (χ2n) is 6.77. The van der Waals surface area contributed by atoms with Gasteiger partial charge in [-0.25, -0.2) is 27.8 Å². The largest absolute Gasteiger partial charge is 0.404 e. The van der Waals surface area contributed by atoms with Crippen LogP contribution < -0.4 is 4.72 Å². The Morgan fingerprint density at radius 3 is 2.38 bits per heavy atom. The minimum atomic E-state index is -4.78. The van der Waals surface area contributed by atoms with E-state index in [1.807, 2.05) is 6.07 Å². The lowest BCUT2D eigenvalue weighted by atomic mass is 10.1. The summed E-state index contributed by atoms with van der Waals surface area (Å²) < 4.78 is 79.5. The fraction of sp³-hybridized carbons (Fsp3) is 0.158. The lowest BCUT2D eigenvalue weighted by Gasteiger charge is -2.17. The van der Waals surface area contributed by atoms with Crippen LogP contribution in [0, 0.1) is 17.1 Å². The summed E-state index contributed by atoms with van der Waals surface area (Å²) in [5, 5.41) is 9.89. The highest BCUT2D eigenvalue weighted by Crippen LogP contribution is 2.35. The molecule has 4 rings (SSSR count). The molecule has 1 aliphatic rings. The van der Waals surface area contributed by atoms with Crippen molar-refractivity contribution >= 4 is 26.8 Å². The highest BCUT2D eigenvalue weighted by molar-refractivity contribution is 7.89. The number of halogens is 4. The first kappa shape index (κ1) is 21.6. The van der Waals surface area contributed by atoms with Gasteiger partial charge in [0.15, 0.2) is 5.82 Å². The summed E-state index contributed by atoms with van der Waals surface area (Å²) in [5.74, 6) is -0.757. The van der Waals surface area contributed by atoms with Gasteiger partial charge >= 0.3 is 6.18 Å². The highest BCUT2D eigenvalue weighted by atomic mass is 32.2. The molecule has 0 aromatic carbocycles. The summed E-state index contributed by atoms with van der Waals surface area (Å²) in [7, 11) is -4.56. The van der Waals surface area contributed by atoms with Crippen molar-refractivity contribution < 1.29 is 26.0 Å². The van der Waals surface area contributed by atoms with Crippen molar-refractivity contribution in [2.45, 2.75) is 24.0 Å². The Morgan fingerprint density at radius 1 is 1.19 bits per heavy atom. The summed E-state index contributed by atoms with van der Waals surface area (Å²) in [6.45, 7) is 0.663. The number of fused-ring (bicyclic) bond motifs is 1. The normalized spacial score (nSPS) is 14.7. The molecule has 0 aliphatic heterocycles. The van der Waals surface area contributed by atoms with Crippen molar-refractivity contribution in [3.63, 3.8) is 0 Å². The molecule has 1 N–H and O–H groups in total. The molecule has 8 nitrogen and oxygen atoms in total. The molecule has 32 heavy (non-hydrogen) atoms. The number of rotatable bonds is 5. The van der Waals surface area contributed by atoms with Gasteiger partial charge in [-0.1, -0.05) is 6.08 Å². The Labute approximate surface area is 178 Å². The Hall–Kier alpha value is -3.63. The molecular weight excluding hydrogens is 452 g/mol. The second kappa shape index (κ2) is 7.50. The van der Waals surface area contributed by atoms with Crippen LogP contribution in [0.4, 0.5) is 17.6 Å². The van der Waals surface area contributed by atoms with Gasteiger partial charge in [-0.2, -0.15) is 23.2 Å². The van der Waals surface area contributed by atoms with Crippen LogP contribution in [0.3, 0.4) is 0 Å². The summed E-state index contributed by atoms with van der Waals surface area (Å²) >= 11 is 0. The average Bonchev–Trinajstić information content (AvgIpc) is 2.99. The number of hydrogen-bond donors (Lipinski definition) is 1. The quantitative estimate of drug-likeness (QED) is 0.581. The van der Waals surface area contributed by atoms with Crippen LogP contribution in [-0.2, 0) is 10.0 Å². The van der Waals surface area contributed by atoms with E-state index in [-0.39, 0.29) is 28.1 Å². The number of alkyl halides is 3. The zero-order valence-corrected chi connectivity index (χ0v) is 16.9. The van der Waals surface area contributed by atoms with Gasteiger partial charge in [-0.05, 0) is 25.1 Å². The van der Waals surface area contributed by atoms with Gasteiger partial charge in [0, 0.05) is 11.1 Å². The van der Waals surface area contributed by atoms with E-state index in [9.17, 15) is 31.2 Å². The molecule has 3 aromatic rings. The minimum Gasteiger partial charge on any atom is -0.290 e. The van der Waals surface area contributed by atoms with Crippen molar-refractivity contribution in [2.75, 3.05) is 0 Å². The molecule has 1 unspecified atom stereocenters. The van der Waals surface area contributed by atoms with Gasteiger partial charge in [0.2, 0.25) is 10.0 Å². The Morgan fingerprint density at radius 2 is 1.84 bits per heavy atom. The van der Waals surface area contributed by atoms with E-state index in [0.717, 1.165) is 24.7 Å². The van der Waals surface area contributed by atoms with E-state index in [2.05, 4.69) is 15.0 Å². The van der Waals surface area contributed by atoms with Crippen LogP contribution in [0.2, 0.25) is 0 Å². The molecule has 13 heteroatoms. The first-order valence-corrected chi connectivity index (χ1v) is 10.4. The maximum Gasteiger partial charge on any atom is 0.404 e. The Balaban J connectivity index is 1.82. The van der Waals surface area contributed by atoms with Crippen LogP contribution in [0.1, 0.15) is 12.5 Å². The van der Waals surface area contributed by atoms with E-state index in [1.165, 1.54) is 9.29 Å². The lowest BCUT2D eigenvalue weighted by Crippen LogP contribution is -2.43. The summed E-state index contributed by atoms with van der Waals surface area (Å²) in [6, 6.07) is 0.770. The van der Waals surface area contributed by atoms with E-state index >= 15 is 0 Å². The van der Waals surface area contributed by atoms with Gasteiger partial charge in [-0.3, -0.25) is 4.57 Å². The average molecular weight is 464 g/mol.